The minimum absolute atomic E-state index is 0.546. The average molecular weight is 273 g/mol. The summed E-state index contributed by atoms with van der Waals surface area (Å²) in [6.45, 7) is 2.14. The molecular formula is C18H15N3. The van der Waals surface area contributed by atoms with Crippen molar-refractivity contribution in [3.05, 3.63) is 60.2 Å². The zero-order valence-electron chi connectivity index (χ0n) is 11.7. The molecule has 0 fully saturated rings. The molecule has 0 aliphatic heterocycles. The van der Waals surface area contributed by atoms with Crippen LogP contribution in [0.5, 0.6) is 0 Å². The van der Waals surface area contributed by atoms with Crippen LogP contribution in [0.4, 0.5) is 5.82 Å². The summed E-state index contributed by atoms with van der Waals surface area (Å²) < 4.78 is 0. The number of aromatic nitrogens is 2. The van der Waals surface area contributed by atoms with E-state index in [0.29, 0.717) is 5.82 Å². The predicted octanol–water partition coefficient (Wildman–Crippen LogP) is 4.27. The lowest BCUT2D eigenvalue weighted by atomic mass is 9.97. The molecule has 3 nitrogen and oxygen atoms in total. The topological polar surface area (TPSA) is 54.7 Å². The van der Waals surface area contributed by atoms with E-state index < -0.39 is 0 Å². The van der Waals surface area contributed by atoms with Gasteiger partial charge in [-0.2, -0.15) is 5.10 Å². The zero-order chi connectivity index (χ0) is 14.4. The highest BCUT2D eigenvalue weighted by atomic mass is 15.1. The number of hydrogen-bond acceptors (Lipinski definition) is 2. The van der Waals surface area contributed by atoms with Crippen molar-refractivity contribution in [2.75, 3.05) is 5.73 Å². The Morgan fingerprint density at radius 3 is 2.76 bits per heavy atom. The van der Waals surface area contributed by atoms with Gasteiger partial charge in [0, 0.05) is 0 Å². The van der Waals surface area contributed by atoms with Crippen molar-refractivity contribution in [1.29, 1.82) is 0 Å². The summed E-state index contributed by atoms with van der Waals surface area (Å²) in [6, 6.07) is 19.0. The number of nitrogens with two attached hydrogens (primary N) is 1. The van der Waals surface area contributed by atoms with Crippen LogP contribution in [0, 0.1) is 6.92 Å². The van der Waals surface area contributed by atoms with Gasteiger partial charge in [0.1, 0.15) is 0 Å². The van der Waals surface area contributed by atoms with Gasteiger partial charge in [0.2, 0.25) is 0 Å². The molecule has 0 bridgehead atoms. The minimum atomic E-state index is 0.546. The van der Waals surface area contributed by atoms with E-state index >= 15 is 0 Å². The molecule has 0 unspecified atom stereocenters. The monoisotopic (exact) mass is 273 g/mol. The van der Waals surface area contributed by atoms with Crippen molar-refractivity contribution in [3.8, 4) is 11.1 Å². The second-order valence-corrected chi connectivity index (χ2v) is 5.35. The van der Waals surface area contributed by atoms with Gasteiger partial charge >= 0.3 is 0 Å². The van der Waals surface area contributed by atoms with Gasteiger partial charge in [-0.05, 0) is 46.5 Å². The summed E-state index contributed by atoms with van der Waals surface area (Å²) in [5, 5.41) is 10.6. The van der Waals surface area contributed by atoms with Crippen molar-refractivity contribution in [2.24, 2.45) is 0 Å². The number of fused-ring (bicyclic) bond motifs is 2. The minimum Gasteiger partial charge on any atom is -0.382 e. The summed E-state index contributed by atoms with van der Waals surface area (Å²) in [6.07, 6.45) is 0. The molecular weight excluding hydrogens is 258 g/mol. The Morgan fingerprint density at radius 2 is 1.86 bits per heavy atom. The van der Waals surface area contributed by atoms with E-state index in [-0.39, 0.29) is 0 Å². The number of anilines is 1. The molecule has 21 heavy (non-hydrogen) atoms. The van der Waals surface area contributed by atoms with Crippen LogP contribution in [-0.2, 0) is 0 Å². The maximum Gasteiger partial charge on any atom is 0.153 e. The van der Waals surface area contributed by atoms with Crippen LogP contribution in [-0.4, -0.2) is 10.2 Å². The molecule has 0 radical (unpaired) electrons. The summed E-state index contributed by atoms with van der Waals surface area (Å²) in [4.78, 5) is 0. The molecule has 1 heterocycles. The maximum atomic E-state index is 6.01. The first kappa shape index (κ1) is 12.0. The molecule has 3 heteroatoms. The van der Waals surface area contributed by atoms with E-state index in [0.717, 1.165) is 22.0 Å². The normalized spacial score (nSPS) is 11.3. The first-order valence-electron chi connectivity index (χ1n) is 6.96. The number of hydrogen-bond donors (Lipinski definition) is 2. The number of H-pyrrole nitrogens is 1. The Labute approximate surface area is 122 Å². The first-order valence-corrected chi connectivity index (χ1v) is 6.96. The van der Waals surface area contributed by atoms with Gasteiger partial charge in [-0.1, -0.05) is 42.5 Å². The van der Waals surface area contributed by atoms with E-state index in [1.165, 1.54) is 16.3 Å². The smallest absolute Gasteiger partial charge is 0.153 e. The third-order valence-electron chi connectivity index (χ3n) is 4.03. The summed E-state index contributed by atoms with van der Waals surface area (Å²) in [7, 11) is 0. The van der Waals surface area contributed by atoms with E-state index in [1.54, 1.807) is 0 Å². The van der Waals surface area contributed by atoms with E-state index in [4.69, 9.17) is 5.73 Å². The average Bonchev–Trinajstić information content (AvgIpc) is 2.89. The second kappa shape index (κ2) is 4.35. The number of rotatable bonds is 1. The number of aryl methyl sites for hydroxylation is 1. The molecule has 0 spiro atoms. The van der Waals surface area contributed by atoms with Gasteiger partial charge in [-0.3, -0.25) is 5.10 Å². The van der Waals surface area contributed by atoms with E-state index in [9.17, 15) is 0 Å². The summed E-state index contributed by atoms with van der Waals surface area (Å²) in [5.74, 6) is 0.546. The fraction of sp³-hybridized carbons (Fsp3) is 0.0556. The molecule has 0 amide bonds. The maximum absolute atomic E-state index is 6.01. The lowest BCUT2D eigenvalue weighted by Gasteiger charge is -2.07. The number of nitrogen functional groups attached to an aromatic ring is 1. The Bertz CT molecular complexity index is 967. The molecule has 0 saturated heterocycles. The third-order valence-corrected chi connectivity index (χ3v) is 4.03. The number of nitrogens with zero attached hydrogens (tertiary/aromatic N) is 1. The van der Waals surface area contributed by atoms with Gasteiger partial charge in [0.05, 0.1) is 10.9 Å². The quantitative estimate of drug-likeness (QED) is 0.544. The highest BCUT2D eigenvalue weighted by Gasteiger charge is 2.10. The fourth-order valence-electron chi connectivity index (χ4n) is 2.95. The van der Waals surface area contributed by atoms with Gasteiger partial charge in [-0.25, -0.2) is 0 Å². The SMILES string of the molecule is Cc1cccc2cc(-c3cccc4[nH]nc(N)c34)ccc12. The van der Waals surface area contributed by atoms with Gasteiger partial charge in [0.25, 0.3) is 0 Å². The number of nitrogens with one attached hydrogen (secondary N) is 1. The highest BCUT2D eigenvalue weighted by molar-refractivity contribution is 6.03. The molecule has 0 atom stereocenters. The van der Waals surface area contributed by atoms with Gasteiger partial charge in [-0.15, -0.1) is 0 Å². The Balaban J connectivity index is 2.02. The van der Waals surface area contributed by atoms with Crippen LogP contribution in [0.15, 0.2) is 54.6 Å². The lowest BCUT2D eigenvalue weighted by Crippen LogP contribution is -1.87. The standard InChI is InChI=1S/C18H15N3/c1-11-4-2-5-12-10-13(8-9-14(11)12)15-6-3-7-16-17(15)18(19)21-20-16/h2-10H,1H3,(H3,19,20,21). The molecule has 1 aromatic heterocycles. The van der Waals surface area contributed by atoms with Crippen LogP contribution in [0.1, 0.15) is 5.56 Å². The van der Waals surface area contributed by atoms with Crippen LogP contribution >= 0.6 is 0 Å². The molecule has 3 N–H and O–H groups in total. The molecule has 4 rings (SSSR count). The van der Waals surface area contributed by atoms with E-state index in [2.05, 4.69) is 59.6 Å². The number of benzene rings is 3. The Kier molecular flexibility index (Phi) is 2.48. The van der Waals surface area contributed by atoms with Crippen molar-refractivity contribution in [3.63, 3.8) is 0 Å². The Morgan fingerprint density at radius 1 is 1.00 bits per heavy atom. The molecule has 0 saturated carbocycles. The lowest BCUT2D eigenvalue weighted by molar-refractivity contribution is 1.13. The molecule has 3 aromatic carbocycles. The fourth-order valence-corrected chi connectivity index (χ4v) is 2.95. The highest BCUT2D eigenvalue weighted by Crippen LogP contribution is 2.33. The Hall–Kier alpha value is -2.81. The second-order valence-electron chi connectivity index (χ2n) is 5.35. The zero-order valence-corrected chi connectivity index (χ0v) is 11.7. The van der Waals surface area contributed by atoms with Crippen LogP contribution in [0.3, 0.4) is 0 Å². The van der Waals surface area contributed by atoms with Crippen LogP contribution < -0.4 is 5.73 Å². The molecule has 102 valence electrons. The van der Waals surface area contributed by atoms with Crippen molar-refractivity contribution in [2.45, 2.75) is 6.92 Å². The molecule has 0 aliphatic rings. The van der Waals surface area contributed by atoms with Crippen LogP contribution in [0.25, 0.3) is 32.8 Å². The third kappa shape index (κ3) is 1.78. The van der Waals surface area contributed by atoms with Crippen LogP contribution in [0.2, 0.25) is 0 Å². The van der Waals surface area contributed by atoms with Gasteiger partial charge in [0.15, 0.2) is 5.82 Å². The molecule has 0 aliphatic carbocycles. The van der Waals surface area contributed by atoms with Crippen molar-refractivity contribution < 1.29 is 0 Å². The first-order chi connectivity index (χ1) is 10.2. The van der Waals surface area contributed by atoms with Crippen molar-refractivity contribution in [1.82, 2.24) is 10.2 Å². The predicted molar refractivity (Wildman–Crippen MR) is 88.2 cm³/mol. The number of aromatic amines is 1. The summed E-state index contributed by atoms with van der Waals surface area (Å²) >= 11 is 0. The van der Waals surface area contributed by atoms with Crippen molar-refractivity contribution >= 4 is 27.5 Å². The van der Waals surface area contributed by atoms with E-state index in [1.807, 2.05) is 12.1 Å². The van der Waals surface area contributed by atoms with Gasteiger partial charge < -0.3 is 5.73 Å². The summed E-state index contributed by atoms with van der Waals surface area (Å²) in [5.41, 5.74) is 10.5. The largest absolute Gasteiger partial charge is 0.382 e. The molecule has 4 aromatic rings.